The second-order valence-electron chi connectivity index (χ2n) is 8.35. The Morgan fingerprint density at radius 1 is 0.724 bits per heavy atom. The number of nitrogens with one attached hydrogen (secondary N) is 1. The lowest BCUT2D eigenvalue weighted by atomic mass is 10.1. The van der Waals surface area contributed by atoms with E-state index in [1.165, 1.54) is 96.3 Å². The second-order valence-corrected chi connectivity index (χ2v) is 8.35. The molecule has 0 radical (unpaired) electrons. The molecule has 0 aromatic carbocycles. The fraction of sp³-hybridized carbons (Fsp3) is 0.880. The Morgan fingerprint density at radius 3 is 1.62 bits per heavy atom. The highest BCUT2D eigenvalue weighted by molar-refractivity contribution is 5.76. The highest BCUT2D eigenvalue weighted by Crippen LogP contribution is 2.12. The number of carbonyl (C=O) groups is 1. The zero-order valence-corrected chi connectivity index (χ0v) is 19.4. The van der Waals surface area contributed by atoms with Crippen LogP contribution in [-0.2, 0) is 4.79 Å². The van der Waals surface area contributed by atoms with E-state index >= 15 is 0 Å². The molecule has 1 amide bonds. The largest absolute Gasteiger partial charge is 0.331 e. The van der Waals surface area contributed by atoms with E-state index in [1.54, 1.807) is 0 Å². The molecule has 1 unspecified atom stereocenters. The summed E-state index contributed by atoms with van der Waals surface area (Å²) in [6.45, 7) is 4.12. The molecule has 1 N–H and O–H groups in total. The normalized spacial score (nSPS) is 12.3. The fourth-order valence-corrected chi connectivity index (χ4v) is 3.52. The quantitative estimate of drug-likeness (QED) is 0.111. The van der Waals surface area contributed by atoms with Gasteiger partial charge in [-0.25, -0.2) is 0 Å². The lowest BCUT2D eigenvalue weighted by Gasteiger charge is -2.08. The first kappa shape index (κ1) is 27.8. The Hall–Kier alpha value is -1.19. The van der Waals surface area contributed by atoms with Crippen LogP contribution < -0.4 is 5.32 Å². The van der Waals surface area contributed by atoms with Crippen molar-refractivity contribution >= 4 is 5.91 Å². The van der Waals surface area contributed by atoms with E-state index in [1.807, 2.05) is 6.92 Å². The Bertz CT molecular complexity index is 396. The number of unbranched alkanes of at least 4 members (excludes halogenated alkanes) is 15. The summed E-state index contributed by atoms with van der Waals surface area (Å²) in [6.07, 6.45) is 27.3. The van der Waals surface area contributed by atoms with Crippen LogP contribution in [0.1, 0.15) is 136 Å². The summed E-state index contributed by atoms with van der Waals surface area (Å²) >= 11 is 0. The molecule has 1 atom stereocenters. The molecule has 0 saturated carbocycles. The van der Waals surface area contributed by atoms with Gasteiger partial charge in [0.25, 0.3) is 0 Å². The van der Waals surface area contributed by atoms with Crippen LogP contribution in [0.15, 0.2) is 17.3 Å². The van der Waals surface area contributed by atoms with Crippen molar-refractivity contribution in [2.75, 3.05) is 0 Å². The van der Waals surface area contributed by atoms with E-state index in [-0.39, 0.29) is 5.91 Å². The number of rotatable bonds is 22. The van der Waals surface area contributed by atoms with Crippen molar-refractivity contribution in [1.82, 2.24) is 5.32 Å². The van der Waals surface area contributed by atoms with Gasteiger partial charge in [0.15, 0.2) is 6.17 Å². The van der Waals surface area contributed by atoms with Gasteiger partial charge in [0, 0.05) is 6.42 Å². The summed E-state index contributed by atoms with van der Waals surface area (Å²) in [4.78, 5) is 22.1. The molecule has 4 nitrogen and oxygen atoms in total. The molecule has 0 aliphatic rings. The SMILES string of the molecule is CCCCCCCCC=CCCCCCCCCCCCC(=O)NC(CC)N=O. The number of nitroso groups, excluding NO2 is 1. The van der Waals surface area contributed by atoms with Gasteiger partial charge >= 0.3 is 0 Å². The van der Waals surface area contributed by atoms with Crippen molar-refractivity contribution < 1.29 is 4.79 Å². The van der Waals surface area contributed by atoms with Gasteiger partial charge in [-0.05, 0) is 43.7 Å². The fourth-order valence-electron chi connectivity index (χ4n) is 3.52. The van der Waals surface area contributed by atoms with E-state index in [4.69, 9.17) is 0 Å². The van der Waals surface area contributed by atoms with Gasteiger partial charge in [0.05, 0.1) is 0 Å². The predicted octanol–water partition coefficient (Wildman–Crippen LogP) is 8.20. The first-order valence-electron chi connectivity index (χ1n) is 12.5. The molecule has 0 rings (SSSR count). The molecule has 0 fully saturated rings. The molecule has 0 aromatic heterocycles. The smallest absolute Gasteiger partial charge is 0.221 e. The molecular weight excluding hydrogens is 360 g/mol. The third kappa shape index (κ3) is 21.3. The maximum Gasteiger partial charge on any atom is 0.221 e. The third-order valence-electron chi connectivity index (χ3n) is 5.51. The number of allylic oxidation sites excluding steroid dienone is 2. The van der Waals surface area contributed by atoms with E-state index in [2.05, 4.69) is 29.6 Å². The van der Waals surface area contributed by atoms with Gasteiger partial charge in [0.1, 0.15) is 0 Å². The van der Waals surface area contributed by atoms with Crippen LogP contribution in [0.2, 0.25) is 0 Å². The zero-order chi connectivity index (χ0) is 21.4. The molecule has 29 heavy (non-hydrogen) atoms. The predicted molar refractivity (Wildman–Crippen MR) is 126 cm³/mol. The molecule has 4 heteroatoms. The van der Waals surface area contributed by atoms with Crippen molar-refractivity contribution in [2.45, 2.75) is 142 Å². The van der Waals surface area contributed by atoms with Crippen LogP contribution in [0.3, 0.4) is 0 Å². The highest BCUT2D eigenvalue weighted by atomic mass is 16.3. The lowest BCUT2D eigenvalue weighted by Crippen LogP contribution is -2.32. The molecule has 0 heterocycles. The Balaban J connectivity index is 3.23. The molecule has 0 aliphatic carbocycles. The van der Waals surface area contributed by atoms with Crippen molar-refractivity contribution in [3.05, 3.63) is 17.1 Å². The Kier molecular flexibility index (Phi) is 22.1. The van der Waals surface area contributed by atoms with Gasteiger partial charge in [-0.2, -0.15) is 0 Å². The highest BCUT2D eigenvalue weighted by Gasteiger charge is 2.09. The summed E-state index contributed by atoms with van der Waals surface area (Å²) in [6, 6.07) is 0. The van der Waals surface area contributed by atoms with Crippen LogP contribution in [0.4, 0.5) is 0 Å². The number of hydrogen-bond donors (Lipinski definition) is 1. The summed E-state index contributed by atoms with van der Waals surface area (Å²) in [5.41, 5.74) is 0. The van der Waals surface area contributed by atoms with E-state index < -0.39 is 6.17 Å². The van der Waals surface area contributed by atoms with Crippen molar-refractivity contribution in [3.8, 4) is 0 Å². The number of nitrogens with zero attached hydrogens (tertiary/aromatic N) is 1. The molecule has 0 bridgehead atoms. The maximum absolute atomic E-state index is 11.6. The standard InChI is InChI=1S/C25H48N2O2/c1-3-5-6-7-8-9-10-11-12-13-14-15-16-17-18-19-20-21-22-23-25(28)26-24(4-2)27-29/h11-12,24H,3-10,13-23H2,1-2H3,(H,26,28). The molecule has 0 aliphatic heterocycles. The topological polar surface area (TPSA) is 58.5 Å². The number of carbonyl (C=O) groups excluding carboxylic acids is 1. The summed E-state index contributed by atoms with van der Waals surface area (Å²) in [5, 5.41) is 5.55. The third-order valence-corrected chi connectivity index (χ3v) is 5.51. The minimum Gasteiger partial charge on any atom is -0.331 e. The van der Waals surface area contributed by atoms with Crippen LogP contribution in [0.25, 0.3) is 0 Å². The van der Waals surface area contributed by atoms with Crippen molar-refractivity contribution in [2.24, 2.45) is 5.18 Å². The van der Waals surface area contributed by atoms with Gasteiger partial charge in [0.2, 0.25) is 5.91 Å². The summed E-state index contributed by atoms with van der Waals surface area (Å²) in [5.74, 6) is -0.0440. The molecule has 0 saturated heterocycles. The summed E-state index contributed by atoms with van der Waals surface area (Å²) < 4.78 is 0. The van der Waals surface area contributed by atoms with Crippen molar-refractivity contribution in [3.63, 3.8) is 0 Å². The van der Waals surface area contributed by atoms with Crippen LogP contribution in [0.5, 0.6) is 0 Å². The van der Waals surface area contributed by atoms with Crippen LogP contribution in [0, 0.1) is 4.91 Å². The molecule has 0 spiro atoms. The first-order chi connectivity index (χ1) is 14.2. The molecule has 0 aromatic rings. The Labute approximate surface area is 180 Å². The maximum atomic E-state index is 11.6. The Morgan fingerprint density at radius 2 is 1.17 bits per heavy atom. The van der Waals surface area contributed by atoms with Gasteiger partial charge in [-0.15, -0.1) is 4.91 Å². The average Bonchev–Trinajstić information content (AvgIpc) is 2.73. The number of hydrogen-bond acceptors (Lipinski definition) is 3. The molecule has 170 valence electrons. The van der Waals surface area contributed by atoms with E-state index in [0.29, 0.717) is 12.8 Å². The van der Waals surface area contributed by atoms with E-state index in [9.17, 15) is 9.70 Å². The van der Waals surface area contributed by atoms with E-state index in [0.717, 1.165) is 12.8 Å². The minimum absolute atomic E-state index is 0.0440. The van der Waals surface area contributed by atoms with Crippen LogP contribution >= 0.6 is 0 Å². The van der Waals surface area contributed by atoms with Gasteiger partial charge in [-0.3, -0.25) is 4.79 Å². The lowest BCUT2D eigenvalue weighted by molar-refractivity contribution is -0.121. The van der Waals surface area contributed by atoms with Crippen LogP contribution in [-0.4, -0.2) is 12.1 Å². The van der Waals surface area contributed by atoms with Gasteiger partial charge < -0.3 is 5.32 Å². The zero-order valence-electron chi connectivity index (χ0n) is 19.4. The van der Waals surface area contributed by atoms with Crippen molar-refractivity contribution in [1.29, 1.82) is 0 Å². The monoisotopic (exact) mass is 408 g/mol. The van der Waals surface area contributed by atoms with Gasteiger partial charge in [-0.1, -0.05) is 103 Å². The first-order valence-corrected chi connectivity index (χ1v) is 12.5. The number of amides is 1. The second kappa shape index (κ2) is 23.1. The molecular formula is C25H48N2O2. The minimum atomic E-state index is -0.557. The summed E-state index contributed by atoms with van der Waals surface area (Å²) in [7, 11) is 0. The average molecular weight is 409 g/mol.